The van der Waals surface area contributed by atoms with Crippen molar-refractivity contribution in [2.24, 2.45) is 0 Å². The molecule has 132 valence electrons. The van der Waals surface area contributed by atoms with Gasteiger partial charge in [-0.25, -0.2) is 0 Å². The summed E-state index contributed by atoms with van der Waals surface area (Å²) < 4.78 is 5.30. The molecule has 5 heteroatoms. The summed E-state index contributed by atoms with van der Waals surface area (Å²) in [6, 6.07) is 19.2. The number of amides is 1. The lowest BCUT2D eigenvalue weighted by atomic mass is 10.2. The van der Waals surface area contributed by atoms with Crippen LogP contribution in [0.4, 0.5) is 11.4 Å². The number of nitrogens with one attached hydrogen (secondary N) is 2. The Kier molecular flexibility index (Phi) is 5.49. The van der Waals surface area contributed by atoms with Gasteiger partial charge < -0.3 is 15.4 Å². The number of ether oxygens (including phenoxy) is 1. The summed E-state index contributed by atoms with van der Waals surface area (Å²) >= 11 is 0. The molecule has 0 saturated heterocycles. The Hall–Kier alpha value is -3.34. The third kappa shape index (κ3) is 4.39. The Labute approximate surface area is 153 Å². The molecule has 1 heterocycles. The molecule has 3 aromatic rings. The van der Waals surface area contributed by atoms with Crippen LogP contribution in [0.2, 0.25) is 0 Å². The predicted molar refractivity (Wildman–Crippen MR) is 103 cm³/mol. The van der Waals surface area contributed by atoms with Crippen molar-refractivity contribution < 1.29 is 9.53 Å². The van der Waals surface area contributed by atoms with Crippen molar-refractivity contribution in [1.82, 2.24) is 10.3 Å². The predicted octanol–water partition coefficient (Wildman–Crippen LogP) is 4.07. The maximum atomic E-state index is 12.4. The SMILES string of the molecule is COc1ccccc1CNC(=O)c1cc(Nc2ccc(C)cc2)ccn1. The van der Waals surface area contributed by atoms with Gasteiger partial charge in [0.15, 0.2) is 0 Å². The number of hydrogen-bond acceptors (Lipinski definition) is 4. The first kappa shape index (κ1) is 17.5. The van der Waals surface area contributed by atoms with E-state index in [9.17, 15) is 4.79 Å². The molecule has 0 bridgehead atoms. The molecule has 0 aliphatic carbocycles. The first-order chi connectivity index (χ1) is 12.7. The minimum Gasteiger partial charge on any atom is -0.496 e. The number of carbonyl (C=O) groups excluding carboxylic acids is 1. The third-order valence-electron chi connectivity index (χ3n) is 3.96. The second kappa shape index (κ2) is 8.16. The van der Waals surface area contributed by atoms with Crippen LogP contribution in [0.3, 0.4) is 0 Å². The first-order valence-corrected chi connectivity index (χ1v) is 8.35. The van der Waals surface area contributed by atoms with Crippen LogP contribution in [-0.2, 0) is 6.54 Å². The van der Waals surface area contributed by atoms with Crippen LogP contribution in [-0.4, -0.2) is 18.0 Å². The monoisotopic (exact) mass is 347 g/mol. The number of pyridine rings is 1. The molecule has 0 saturated carbocycles. The van der Waals surface area contributed by atoms with Gasteiger partial charge in [0.1, 0.15) is 11.4 Å². The molecule has 0 atom stereocenters. The molecule has 2 aromatic carbocycles. The summed E-state index contributed by atoms with van der Waals surface area (Å²) in [5, 5.41) is 6.16. The quantitative estimate of drug-likeness (QED) is 0.705. The molecule has 3 rings (SSSR count). The maximum Gasteiger partial charge on any atom is 0.270 e. The molecule has 0 spiro atoms. The van der Waals surface area contributed by atoms with E-state index in [1.807, 2.05) is 61.5 Å². The van der Waals surface area contributed by atoms with E-state index >= 15 is 0 Å². The lowest BCUT2D eigenvalue weighted by molar-refractivity contribution is 0.0945. The molecule has 0 radical (unpaired) electrons. The molecule has 0 unspecified atom stereocenters. The number of hydrogen-bond donors (Lipinski definition) is 2. The molecule has 26 heavy (non-hydrogen) atoms. The number of benzene rings is 2. The smallest absolute Gasteiger partial charge is 0.270 e. The van der Waals surface area contributed by atoms with E-state index in [1.165, 1.54) is 5.56 Å². The highest BCUT2D eigenvalue weighted by Gasteiger charge is 2.09. The minimum absolute atomic E-state index is 0.233. The van der Waals surface area contributed by atoms with Crippen LogP contribution in [0.5, 0.6) is 5.75 Å². The number of para-hydroxylation sites is 1. The van der Waals surface area contributed by atoms with Gasteiger partial charge in [0.05, 0.1) is 7.11 Å². The Balaban J connectivity index is 1.67. The molecule has 0 aliphatic rings. The third-order valence-corrected chi connectivity index (χ3v) is 3.96. The Morgan fingerprint density at radius 3 is 2.58 bits per heavy atom. The Morgan fingerprint density at radius 1 is 1.04 bits per heavy atom. The summed E-state index contributed by atoms with van der Waals surface area (Å²) in [4.78, 5) is 16.6. The highest BCUT2D eigenvalue weighted by Crippen LogP contribution is 2.18. The number of anilines is 2. The van der Waals surface area contributed by atoms with Gasteiger partial charge in [-0.3, -0.25) is 9.78 Å². The minimum atomic E-state index is -0.233. The van der Waals surface area contributed by atoms with Crippen molar-refractivity contribution in [1.29, 1.82) is 0 Å². The largest absolute Gasteiger partial charge is 0.496 e. The number of aryl methyl sites for hydroxylation is 1. The first-order valence-electron chi connectivity index (χ1n) is 8.35. The zero-order valence-electron chi connectivity index (χ0n) is 14.8. The average molecular weight is 347 g/mol. The van der Waals surface area contributed by atoms with E-state index in [1.54, 1.807) is 19.4 Å². The number of aromatic nitrogens is 1. The Bertz CT molecular complexity index is 892. The van der Waals surface area contributed by atoms with Crippen molar-refractivity contribution in [3.63, 3.8) is 0 Å². The van der Waals surface area contributed by atoms with Crippen LogP contribution >= 0.6 is 0 Å². The van der Waals surface area contributed by atoms with E-state index in [0.29, 0.717) is 12.2 Å². The summed E-state index contributed by atoms with van der Waals surface area (Å²) in [5.41, 5.74) is 4.24. The normalized spacial score (nSPS) is 10.2. The van der Waals surface area contributed by atoms with Crippen molar-refractivity contribution >= 4 is 17.3 Å². The van der Waals surface area contributed by atoms with Crippen LogP contribution in [0.25, 0.3) is 0 Å². The lowest BCUT2D eigenvalue weighted by Gasteiger charge is -2.10. The topological polar surface area (TPSA) is 63.2 Å². The molecule has 2 N–H and O–H groups in total. The zero-order chi connectivity index (χ0) is 18.4. The summed E-state index contributed by atoms with van der Waals surface area (Å²) in [6.07, 6.45) is 1.62. The second-order valence-electron chi connectivity index (χ2n) is 5.92. The van der Waals surface area contributed by atoms with E-state index in [4.69, 9.17) is 4.74 Å². The van der Waals surface area contributed by atoms with Gasteiger partial charge in [0.25, 0.3) is 5.91 Å². The fourth-order valence-corrected chi connectivity index (χ4v) is 2.55. The molecule has 0 fully saturated rings. The van der Waals surface area contributed by atoms with Crippen molar-refractivity contribution in [3.8, 4) is 5.75 Å². The fraction of sp³-hybridized carbons (Fsp3) is 0.143. The van der Waals surface area contributed by atoms with Gasteiger partial charge in [-0.2, -0.15) is 0 Å². The standard InChI is InChI=1S/C21H21N3O2/c1-15-7-9-17(10-8-15)24-18-11-12-22-19(13-18)21(25)23-14-16-5-3-4-6-20(16)26-2/h3-13H,14H2,1-2H3,(H,22,24)(H,23,25). The summed E-state index contributed by atoms with van der Waals surface area (Å²) in [5.74, 6) is 0.513. The van der Waals surface area contributed by atoms with Gasteiger partial charge in [-0.05, 0) is 37.3 Å². The van der Waals surface area contributed by atoms with Crippen LogP contribution in [0, 0.1) is 6.92 Å². The number of carbonyl (C=O) groups is 1. The van der Waals surface area contributed by atoms with E-state index in [2.05, 4.69) is 15.6 Å². The zero-order valence-corrected chi connectivity index (χ0v) is 14.8. The summed E-state index contributed by atoms with van der Waals surface area (Å²) in [6.45, 7) is 2.42. The highest BCUT2D eigenvalue weighted by atomic mass is 16.5. The van der Waals surface area contributed by atoms with Gasteiger partial charge in [0.2, 0.25) is 0 Å². The second-order valence-corrected chi connectivity index (χ2v) is 5.92. The molecule has 1 amide bonds. The van der Waals surface area contributed by atoms with Gasteiger partial charge in [0, 0.05) is 29.7 Å². The maximum absolute atomic E-state index is 12.4. The lowest BCUT2D eigenvalue weighted by Crippen LogP contribution is -2.24. The number of rotatable bonds is 6. The van der Waals surface area contributed by atoms with E-state index in [0.717, 1.165) is 22.7 Å². The van der Waals surface area contributed by atoms with E-state index in [-0.39, 0.29) is 5.91 Å². The van der Waals surface area contributed by atoms with Gasteiger partial charge >= 0.3 is 0 Å². The van der Waals surface area contributed by atoms with Crippen molar-refractivity contribution in [3.05, 3.63) is 83.7 Å². The molecular formula is C21H21N3O2. The molecule has 5 nitrogen and oxygen atoms in total. The van der Waals surface area contributed by atoms with Gasteiger partial charge in [-0.15, -0.1) is 0 Å². The highest BCUT2D eigenvalue weighted by molar-refractivity contribution is 5.93. The van der Waals surface area contributed by atoms with Crippen LogP contribution in [0.1, 0.15) is 21.6 Å². The molecular weight excluding hydrogens is 326 g/mol. The number of nitrogens with zero attached hydrogens (tertiary/aromatic N) is 1. The molecule has 1 aromatic heterocycles. The molecule has 0 aliphatic heterocycles. The van der Waals surface area contributed by atoms with Crippen molar-refractivity contribution in [2.75, 3.05) is 12.4 Å². The fourth-order valence-electron chi connectivity index (χ4n) is 2.55. The van der Waals surface area contributed by atoms with Crippen LogP contribution < -0.4 is 15.4 Å². The van der Waals surface area contributed by atoms with Gasteiger partial charge in [-0.1, -0.05) is 35.9 Å². The number of methoxy groups -OCH3 is 1. The van der Waals surface area contributed by atoms with Crippen LogP contribution in [0.15, 0.2) is 66.9 Å². The van der Waals surface area contributed by atoms with E-state index < -0.39 is 0 Å². The average Bonchev–Trinajstić information content (AvgIpc) is 2.68. The summed E-state index contributed by atoms with van der Waals surface area (Å²) in [7, 11) is 1.61. The Morgan fingerprint density at radius 2 is 1.81 bits per heavy atom. The van der Waals surface area contributed by atoms with Crippen molar-refractivity contribution in [2.45, 2.75) is 13.5 Å².